The van der Waals surface area contributed by atoms with E-state index in [0.717, 1.165) is 37.3 Å². The van der Waals surface area contributed by atoms with Gasteiger partial charge >= 0.3 is 5.69 Å². The van der Waals surface area contributed by atoms with Crippen LogP contribution >= 0.6 is 11.3 Å². The fraction of sp³-hybridized carbons (Fsp3) is 0.471. The van der Waals surface area contributed by atoms with Gasteiger partial charge in [-0.3, -0.25) is 18.8 Å². The molecule has 8 nitrogen and oxygen atoms in total. The number of hydrogen-bond acceptors (Lipinski definition) is 6. The van der Waals surface area contributed by atoms with Gasteiger partial charge in [0.1, 0.15) is 0 Å². The molecule has 1 saturated heterocycles. The van der Waals surface area contributed by atoms with Crippen LogP contribution < -0.4 is 16.1 Å². The van der Waals surface area contributed by atoms with Crippen molar-refractivity contribution in [1.82, 2.24) is 23.6 Å². The summed E-state index contributed by atoms with van der Waals surface area (Å²) in [5.41, 5.74) is 0.299. The lowest BCUT2D eigenvalue weighted by Gasteiger charge is -2.35. The minimum Gasteiger partial charge on any atom is -0.361 e. The number of piperazine rings is 1. The summed E-state index contributed by atoms with van der Waals surface area (Å²) in [6.07, 6.45) is 1.66. The molecule has 4 heterocycles. The van der Waals surface area contributed by atoms with Crippen LogP contribution in [0, 0.1) is 0 Å². The molecule has 138 valence electrons. The van der Waals surface area contributed by atoms with Crippen LogP contribution in [0.15, 0.2) is 33.4 Å². The number of nitrogens with zero attached hydrogens (tertiary/aromatic N) is 6. The molecule has 0 amide bonds. The number of hydrogen-bond donors (Lipinski definition) is 0. The molecule has 1 fully saturated rings. The monoisotopic (exact) mass is 374 g/mol. The molecule has 1 aliphatic heterocycles. The summed E-state index contributed by atoms with van der Waals surface area (Å²) in [5, 5.41) is 3.44. The van der Waals surface area contributed by atoms with E-state index in [1.165, 1.54) is 16.6 Å². The summed E-state index contributed by atoms with van der Waals surface area (Å²) in [6, 6.07) is 4.25. The topological polar surface area (TPSA) is 68.3 Å². The van der Waals surface area contributed by atoms with Crippen LogP contribution in [-0.2, 0) is 20.6 Å². The van der Waals surface area contributed by atoms with E-state index >= 15 is 0 Å². The lowest BCUT2D eigenvalue weighted by atomic mass is 10.3. The Morgan fingerprint density at radius 3 is 2.54 bits per heavy atom. The van der Waals surface area contributed by atoms with Crippen LogP contribution in [0.5, 0.6) is 0 Å². The van der Waals surface area contributed by atoms with Crippen molar-refractivity contribution in [2.24, 2.45) is 14.1 Å². The normalized spacial score (nSPS) is 15.8. The van der Waals surface area contributed by atoms with Gasteiger partial charge in [0.05, 0.1) is 11.3 Å². The predicted octanol–water partition coefficient (Wildman–Crippen LogP) is 0.317. The number of aryl methyl sites for hydroxylation is 1. The van der Waals surface area contributed by atoms with Crippen molar-refractivity contribution < 1.29 is 0 Å². The van der Waals surface area contributed by atoms with Crippen molar-refractivity contribution in [3.63, 3.8) is 0 Å². The molecule has 0 unspecified atom stereocenters. The molecule has 0 bridgehead atoms. The second-order valence-corrected chi connectivity index (χ2v) is 7.52. The molecule has 0 radical (unpaired) electrons. The minimum atomic E-state index is -0.350. The van der Waals surface area contributed by atoms with Gasteiger partial charge in [-0.1, -0.05) is 0 Å². The Hall–Kier alpha value is -2.39. The quantitative estimate of drug-likeness (QED) is 0.658. The van der Waals surface area contributed by atoms with Gasteiger partial charge < -0.3 is 9.47 Å². The van der Waals surface area contributed by atoms with Gasteiger partial charge in [-0.15, -0.1) is 11.3 Å². The maximum absolute atomic E-state index is 12.5. The minimum absolute atomic E-state index is 0.289. The third-order valence-electron chi connectivity index (χ3n) is 5.06. The Labute approximate surface area is 154 Å². The maximum atomic E-state index is 12.5. The Balaban J connectivity index is 1.46. The summed E-state index contributed by atoms with van der Waals surface area (Å²) >= 11 is 1.78. The van der Waals surface area contributed by atoms with Gasteiger partial charge in [-0.2, -0.15) is 0 Å². The molecule has 0 saturated carbocycles. The van der Waals surface area contributed by atoms with Crippen LogP contribution in [0.3, 0.4) is 0 Å². The number of rotatable bonds is 4. The number of thiophene rings is 1. The van der Waals surface area contributed by atoms with E-state index in [-0.39, 0.29) is 11.2 Å². The Bertz CT molecular complexity index is 1020. The van der Waals surface area contributed by atoms with Crippen molar-refractivity contribution in [3.8, 4) is 0 Å². The van der Waals surface area contributed by atoms with Crippen LogP contribution in [0.25, 0.3) is 11.2 Å². The fourth-order valence-corrected chi connectivity index (χ4v) is 4.24. The van der Waals surface area contributed by atoms with Crippen LogP contribution in [0.2, 0.25) is 0 Å². The molecule has 0 spiro atoms. The van der Waals surface area contributed by atoms with E-state index < -0.39 is 0 Å². The van der Waals surface area contributed by atoms with Gasteiger partial charge in [0, 0.05) is 53.4 Å². The third kappa shape index (κ3) is 2.86. The zero-order valence-electron chi connectivity index (χ0n) is 15.0. The van der Waals surface area contributed by atoms with Gasteiger partial charge in [0.2, 0.25) is 0 Å². The van der Waals surface area contributed by atoms with Crippen LogP contribution in [0.1, 0.15) is 0 Å². The second-order valence-electron chi connectivity index (χ2n) is 6.60. The predicted molar refractivity (Wildman–Crippen MR) is 103 cm³/mol. The highest BCUT2D eigenvalue weighted by atomic mass is 32.1. The van der Waals surface area contributed by atoms with Gasteiger partial charge in [0.15, 0.2) is 11.2 Å². The molecule has 3 aromatic rings. The van der Waals surface area contributed by atoms with Crippen molar-refractivity contribution in [3.05, 3.63) is 44.7 Å². The Morgan fingerprint density at radius 1 is 1.08 bits per heavy atom. The van der Waals surface area contributed by atoms with E-state index in [9.17, 15) is 9.59 Å². The van der Waals surface area contributed by atoms with Crippen molar-refractivity contribution in [1.29, 1.82) is 0 Å². The van der Waals surface area contributed by atoms with Gasteiger partial charge in [0.25, 0.3) is 5.56 Å². The van der Waals surface area contributed by atoms with E-state index in [1.807, 2.05) is 4.57 Å². The lowest BCUT2D eigenvalue weighted by molar-refractivity contribution is 0.249. The summed E-state index contributed by atoms with van der Waals surface area (Å²) in [6.45, 7) is 5.57. The van der Waals surface area contributed by atoms with Gasteiger partial charge in [-0.25, -0.2) is 9.78 Å². The first kappa shape index (κ1) is 17.0. The number of imidazole rings is 1. The average Bonchev–Trinajstić information content (AvgIpc) is 3.33. The van der Waals surface area contributed by atoms with Crippen LogP contribution in [0.4, 0.5) is 5.00 Å². The summed E-state index contributed by atoms with van der Waals surface area (Å²) in [5.74, 6) is 0. The van der Waals surface area contributed by atoms with E-state index in [2.05, 4.69) is 32.3 Å². The zero-order chi connectivity index (χ0) is 18.3. The average molecular weight is 374 g/mol. The van der Waals surface area contributed by atoms with Crippen molar-refractivity contribution >= 4 is 27.5 Å². The maximum Gasteiger partial charge on any atom is 0.332 e. The third-order valence-corrected chi connectivity index (χ3v) is 5.99. The SMILES string of the molecule is Cn1c(=O)c2c(ncn2CCN2CCN(c3cccs3)CC2)n(C)c1=O. The molecule has 0 aromatic carbocycles. The molecule has 9 heteroatoms. The molecule has 26 heavy (non-hydrogen) atoms. The smallest absolute Gasteiger partial charge is 0.332 e. The van der Waals surface area contributed by atoms with Crippen molar-refractivity contribution in [2.75, 3.05) is 37.6 Å². The molecular formula is C17H22N6O2S. The fourth-order valence-electron chi connectivity index (χ4n) is 3.46. The number of fused-ring (bicyclic) bond motifs is 1. The largest absolute Gasteiger partial charge is 0.361 e. The van der Waals surface area contributed by atoms with Crippen molar-refractivity contribution in [2.45, 2.75) is 6.54 Å². The van der Waals surface area contributed by atoms with Crippen LogP contribution in [-0.4, -0.2) is 56.3 Å². The van der Waals surface area contributed by atoms with Gasteiger partial charge in [-0.05, 0) is 17.5 Å². The second kappa shape index (κ2) is 6.73. The standard InChI is InChI=1S/C17H22N6O2S/c1-19-15-14(16(24)20(2)17(19)25)23(12-18-15)10-7-21-5-8-22(9-6-21)13-4-3-11-26-13/h3-4,11-12H,5-10H2,1-2H3. The first-order chi connectivity index (χ1) is 12.6. The molecule has 4 rings (SSSR count). The lowest BCUT2D eigenvalue weighted by Crippen LogP contribution is -2.47. The summed E-state index contributed by atoms with van der Waals surface area (Å²) in [7, 11) is 3.15. The zero-order valence-corrected chi connectivity index (χ0v) is 15.8. The Kier molecular flexibility index (Phi) is 4.41. The number of anilines is 1. The van der Waals surface area contributed by atoms with E-state index in [4.69, 9.17) is 0 Å². The molecule has 0 aliphatic carbocycles. The molecule has 0 atom stereocenters. The van der Waals surface area contributed by atoms with E-state index in [1.54, 1.807) is 24.7 Å². The summed E-state index contributed by atoms with van der Waals surface area (Å²) in [4.78, 5) is 33.6. The molecule has 0 N–H and O–H groups in total. The van der Waals surface area contributed by atoms with E-state index in [0.29, 0.717) is 17.7 Å². The first-order valence-corrected chi connectivity index (χ1v) is 9.56. The number of aromatic nitrogens is 4. The highest BCUT2D eigenvalue weighted by Gasteiger charge is 2.19. The summed E-state index contributed by atoms with van der Waals surface area (Å²) < 4.78 is 4.43. The molecule has 1 aliphatic rings. The molecular weight excluding hydrogens is 352 g/mol. The Morgan fingerprint density at radius 2 is 1.85 bits per heavy atom. The molecule has 3 aromatic heterocycles. The highest BCUT2D eigenvalue weighted by molar-refractivity contribution is 7.14. The highest BCUT2D eigenvalue weighted by Crippen LogP contribution is 2.22. The first-order valence-electron chi connectivity index (χ1n) is 8.68.